The van der Waals surface area contributed by atoms with Gasteiger partial charge in [-0.2, -0.15) is 5.26 Å². The van der Waals surface area contributed by atoms with Crippen LogP contribution < -0.4 is 5.32 Å². The normalized spacial score (nSPS) is 12.0. The third-order valence-electron chi connectivity index (χ3n) is 3.07. The summed E-state index contributed by atoms with van der Waals surface area (Å²) in [5, 5.41) is 12.2. The second kappa shape index (κ2) is 6.77. The van der Waals surface area contributed by atoms with Crippen molar-refractivity contribution in [3.8, 4) is 6.07 Å². The zero-order chi connectivity index (χ0) is 13.5. The summed E-state index contributed by atoms with van der Waals surface area (Å²) in [5.74, 6) is 1.16. The Balaban J connectivity index is 1.99. The fourth-order valence-electron chi connectivity index (χ4n) is 2.12. The molecule has 0 radical (unpaired) electrons. The standard InChI is InChI=1S/C16H18N2O/c1-2-6-16(13-7-4-3-5-8-13)18-12-15-10-9-14(11-17)19-15/h3-5,7-10,16,18H,2,6,12H2,1H3. The van der Waals surface area contributed by atoms with Gasteiger partial charge >= 0.3 is 0 Å². The van der Waals surface area contributed by atoms with Gasteiger partial charge in [-0.3, -0.25) is 0 Å². The molecule has 0 saturated carbocycles. The molecule has 19 heavy (non-hydrogen) atoms. The van der Waals surface area contributed by atoms with Gasteiger partial charge in [-0.05, 0) is 24.1 Å². The van der Waals surface area contributed by atoms with Crippen molar-refractivity contribution in [3.63, 3.8) is 0 Å². The largest absolute Gasteiger partial charge is 0.449 e. The molecule has 0 bridgehead atoms. The topological polar surface area (TPSA) is 49.0 Å². The minimum absolute atomic E-state index is 0.321. The number of hydrogen-bond donors (Lipinski definition) is 1. The second-order valence-corrected chi connectivity index (χ2v) is 4.51. The fourth-order valence-corrected chi connectivity index (χ4v) is 2.12. The molecule has 0 aliphatic rings. The third-order valence-corrected chi connectivity index (χ3v) is 3.07. The minimum Gasteiger partial charge on any atom is -0.449 e. The first-order chi connectivity index (χ1) is 9.33. The average molecular weight is 254 g/mol. The zero-order valence-corrected chi connectivity index (χ0v) is 11.1. The number of nitrogens with zero attached hydrogens (tertiary/aromatic N) is 1. The van der Waals surface area contributed by atoms with Crippen LogP contribution in [0.1, 0.15) is 42.9 Å². The van der Waals surface area contributed by atoms with Crippen molar-refractivity contribution in [1.29, 1.82) is 5.26 Å². The number of nitriles is 1. The van der Waals surface area contributed by atoms with E-state index in [1.807, 2.05) is 18.2 Å². The molecule has 98 valence electrons. The molecule has 3 nitrogen and oxygen atoms in total. The second-order valence-electron chi connectivity index (χ2n) is 4.51. The molecule has 1 aromatic heterocycles. The van der Waals surface area contributed by atoms with Gasteiger partial charge in [0.15, 0.2) is 0 Å². The van der Waals surface area contributed by atoms with E-state index in [0.29, 0.717) is 18.3 Å². The molecule has 1 N–H and O–H groups in total. The van der Waals surface area contributed by atoms with Gasteiger partial charge in [-0.25, -0.2) is 0 Å². The highest BCUT2D eigenvalue weighted by Gasteiger charge is 2.10. The Hall–Kier alpha value is -2.05. The van der Waals surface area contributed by atoms with E-state index in [1.165, 1.54) is 5.56 Å². The molecule has 0 saturated heterocycles. The Labute approximate surface area is 113 Å². The number of rotatable bonds is 6. The van der Waals surface area contributed by atoms with Crippen LogP contribution in [0, 0.1) is 11.3 Å². The van der Waals surface area contributed by atoms with Crippen molar-refractivity contribution in [2.24, 2.45) is 0 Å². The third kappa shape index (κ3) is 3.70. The lowest BCUT2D eigenvalue weighted by Crippen LogP contribution is -2.20. The van der Waals surface area contributed by atoms with Gasteiger partial charge in [0.1, 0.15) is 11.8 Å². The van der Waals surface area contributed by atoms with Crippen LogP contribution in [0.2, 0.25) is 0 Å². The monoisotopic (exact) mass is 254 g/mol. The minimum atomic E-state index is 0.321. The lowest BCUT2D eigenvalue weighted by molar-refractivity contribution is 0.429. The van der Waals surface area contributed by atoms with Crippen molar-refractivity contribution in [1.82, 2.24) is 5.32 Å². The summed E-state index contributed by atoms with van der Waals surface area (Å²) < 4.78 is 5.37. The van der Waals surface area contributed by atoms with E-state index in [4.69, 9.17) is 9.68 Å². The first kappa shape index (κ1) is 13.4. The summed E-state index contributed by atoms with van der Waals surface area (Å²) in [5.41, 5.74) is 1.29. The highest BCUT2D eigenvalue weighted by molar-refractivity contribution is 5.20. The average Bonchev–Trinajstić information content (AvgIpc) is 2.92. The number of nitrogens with one attached hydrogen (secondary N) is 1. The summed E-state index contributed by atoms with van der Waals surface area (Å²) in [6.07, 6.45) is 2.20. The predicted octanol–water partition coefficient (Wildman–Crippen LogP) is 3.78. The number of furan rings is 1. The van der Waals surface area contributed by atoms with Gasteiger partial charge in [0.05, 0.1) is 6.54 Å². The molecule has 3 heteroatoms. The SMILES string of the molecule is CCCC(NCc1ccc(C#N)o1)c1ccccc1. The lowest BCUT2D eigenvalue weighted by Gasteiger charge is -2.17. The first-order valence-corrected chi connectivity index (χ1v) is 6.60. The molecule has 1 atom stereocenters. The molecule has 0 fully saturated rings. The molecule has 2 aromatic rings. The Morgan fingerprint density at radius 3 is 2.63 bits per heavy atom. The smallest absolute Gasteiger partial charge is 0.203 e. The lowest BCUT2D eigenvalue weighted by atomic mass is 10.0. The van der Waals surface area contributed by atoms with Crippen molar-refractivity contribution in [3.05, 3.63) is 59.5 Å². The van der Waals surface area contributed by atoms with Crippen molar-refractivity contribution < 1.29 is 4.42 Å². The Morgan fingerprint density at radius 1 is 1.21 bits per heavy atom. The van der Waals surface area contributed by atoms with Gasteiger partial charge < -0.3 is 9.73 Å². The van der Waals surface area contributed by atoms with E-state index in [1.54, 1.807) is 6.07 Å². The summed E-state index contributed by atoms with van der Waals surface area (Å²) in [7, 11) is 0. The molecule has 0 aliphatic heterocycles. The van der Waals surface area contributed by atoms with E-state index < -0.39 is 0 Å². The summed E-state index contributed by atoms with van der Waals surface area (Å²) in [6.45, 7) is 2.82. The summed E-state index contributed by atoms with van der Waals surface area (Å²) >= 11 is 0. The van der Waals surface area contributed by atoms with E-state index in [2.05, 4.69) is 36.5 Å². The van der Waals surface area contributed by atoms with Crippen LogP contribution in [0.25, 0.3) is 0 Å². The number of hydrogen-bond acceptors (Lipinski definition) is 3. The predicted molar refractivity (Wildman–Crippen MR) is 74.4 cm³/mol. The molecular formula is C16H18N2O. The molecule has 2 rings (SSSR count). The fraction of sp³-hybridized carbons (Fsp3) is 0.312. The summed E-state index contributed by atoms with van der Waals surface area (Å²) in [6, 6.07) is 16.3. The van der Waals surface area contributed by atoms with Crippen LogP contribution in [-0.2, 0) is 6.54 Å². The van der Waals surface area contributed by atoms with Crippen molar-refractivity contribution in [2.45, 2.75) is 32.4 Å². The van der Waals surface area contributed by atoms with Crippen LogP contribution in [0.5, 0.6) is 0 Å². The van der Waals surface area contributed by atoms with Crippen molar-refractivity contribution >= 4 is 0 Å². The van der Waals surface area contributed by atoms with Crippen LogP contribution in [0.4, 0.5) is 0 Å². The van der Waals surface area contributed by atoms with E-state index in [9.17, 15) is 0 Å². The van der Waals surface area contributed by atoms with Gasteiger partial charge in [-0.15, -0.1) is 0 Å². The molecule has 0 aliphatic carbocycles. The Bertz CT molecular complexity index is 539. The van der Waals surface area contributed by atoms with E-state index in [0.717, 1.165) is 18.6 Å². The molecule has 1 heterocycles. The summed E-state index contributed by atoms with van der Waals surface area (Å²) in [4.78, 5) is 0. The van der Waals surface area contributed by atoms with Gasteiger partial charge in [-0.1, -0.05) is 43.7 Å². The molecule has 0 spiro atoms. The van der Waals surface area contributed by atoms with Gasteiger partial charge in [0.2, 0.25) is 5.76 Å². The maximum Gasteiger partial charge on any atom is 0.203 e. The highest BCUT2D eigenvalue weighted by Crippen LogP contribution is 2.19. The maximum absolute atomic E-state index is 8.73. The zero-order valence-electron chi connectivity index (χ0n) is 11.1. The van der Waals surface area contributed by atoms with Gasteiger partial charge in [0, 0.05) is 6.04 Å². The molecule has 1 unspecified atom stereocenters. The maximum atomic E-state index is 8.73. The van der Waals surface area contributed by atoms with Crippen LogP contribution in [0.3, 0.4) is 0 Å². The Morgan fingerprint density at radius 2 is 2.00 bits per heavy atom. The number of benzene rings is 1. The molecular weight excluding hydrogens is 236 g/mol. The molecule has 1 aromatic carbocycles. The van der Waals surface area contributed by atoms with E-state index in [-0.39, 0.29) is 0 Å². The molecule has 0 amide bonds. The quantitative estimate of drug-likeness (QED) is 0.853. The van der Waals surface area contributed by atoms with Gasteiger partial charge in [0.25, 0.3) is 0 Å². The van der Waals surface area contributed by atoms with Crippen LogP contribution in [-0.4, -0.2) is 0 Å². The van der Waals surface area contributed by atoms with Crippen LogP contribution in [0.15, 0.2) is 46.9 Å². The van der Waals surface area contributed by atoms with Crippen molar-refractivity contribution in [2.75, 3.05) is 0 Å². The van der Waals surface area contributed by atoms with Crippen LogP contribution >= 0.6 is 0 Å². The van der Waals surface area contributed by atoms with E-state index >= 15 is 0 Å². The Kier molecular flexibility index (Phi) is 4.77. The first-order valence-electron chi connectivity index (χ1n) is 6.60. The highest BCUT2D eigenvalue weighted by atomic mass is 16.3.